The van der Waals surface area contributed by atoms with Gasteiger partial charge < -0.3 is 14.4 Å². The third-order valence-electron chi connectivity index (χ3n) is 4.90. The number of likely N-dealkylation sites (N-methyl/N-ethyl adjacent to an activating group) is 1. The predicted octanol–water partition coefficient (Wildman–Crippen LogP) is 3.71. The molecule has 27 heavy (non-hydrogen) atoms. The van der Waals surface area contributed by atoms with Crippen molar-refractivity contribution in [3.8, 4) is 5.75 Å². The van der Waals surface area contributed by atoms with Crippen LogP contribution in [0, 0.1) is 5.92 Å². The fourth-order valence-corrected chi connectivity index (χ4v) is 3.23. The first-order valence-electron chi connectivity index (χ1n) is 9.19. The summed E-state index contributed by atoms with van der Waals surface area (Å²) in [6.07, 6.45) is 6.45. The van der Waals surface area contributed by atoms with E-state index in [4.69, 9.17) is 9.47 Å². The number of esters is 1. The van der Waals surface area contributed by atoms with E-state index in [0.717, 1.165) is 34.9 Å². The van der Waals surface area contributed by atoms with Crippen molar-refractivity contribution in [1.82, 2.24) is 4.90 Å². The van der Waals surface area contributed by atoms with Gasteiger partial charge in [0.25, 0.3) is 5.91 Å². The molecule has 142 valence electrons. The summed E-state index contributed by atoms with van der Waals surface area (Å²) in [4.78, 5) is 25.9. The molecule has 1 aliphatic carbocycles. The zero-order chi connectivity index (χ0) is 19.2. The third-order valence-corrected chi connectivity index (χ3v) is 4.90. The van der Waals surface area contributed by atoms with E-state index in [0.29, 0.717) is 13.0 Å². The molecule has 3 rings (SSSR count). The number of nitrogens with zero attached hydrogens (tertiary/aromatic N) is 1. The Kier molecular flexibility index (Phi) is 6.12. The van der Waals surface area contributed by atoms with Gasteiger partial charge in [-0.05, 0) is 53.8 Å². The second-order valence-electron chi connectivity index (χ2n) is 6.89. The van der Waals surface area contributed by atoms with Crippen LogP contribution in [0.15, 0.2) is 48.6 Å². The molecule has 2 aromatic rings. The molecule has 0 aliphatic heterocycles. The second-order valence-corrected chi connectivity index (χ2v) is 6.89. The zero-order valence-corrected chi connectivity index (χ0v) is 15.8. The van der Waals surface area contributed by atoms with Crippen LogP contribution in [-0.2, 0) is 20.9 Å². The van der Waals surface area contributed by atoms with E-state index in [2.05, 4.69) is 12.1 Å². The van der Waals surface area contributed by atoms with Crippen LogP contribution < -0.4 is 4.74 Å². The minimum absolute atomic E-state index is 0.120. The normalized spacial score (nSPS) is 16.1. The Hall–Kier alpha value is -2.82. The number of carbonyl (C=O) groups excluding carboxylic acids is 2. The van der Waals surface area contributed by atoms with Crippen LogP contribution >= 0.6 is 0 Å². The van der Waals surface area contributed by atoms with E-state index < -0.39 is 0 Å². The van der Waals surface area contributed by atoms with Crippen molar-refractivity contribution in [2.75, 3.05) is 20.8 Å². The van der Waals surface area contributed by atoms with Gasteiger partial charge in [0.2, 0.25) is 0 Å². The molecule has 5 nitrogen and oxygen atoms in total. The van der Waals surface area contributed by atoms with E-state index >= 15 is 0 Å². The lowest BCUT2D eigenvalue weighted by Gasteiger charge is -2.20. The average molecular weight is 367 g/mol. The number of amides is 1. The molecule has 1 atom stereocenters. The molecule has 0 radical (unpaired) electrons. The van der Waals surface area contributed by atoms with Crippen molar-refractivity contribution in [2.24, 2.45) is 5.92 Å². The largest absolute Gasteiger partial charge is 0.497 e. The van der Waals surface area contributed by atoms with Crippen molar-refractivity contribution in [2.45, 2.75) is 25.8 Å². The van der Waals surface area contributed by atoms with Crippen molar-refractivity contribution >= 4 is 22.6 Å². The molecular formula is C22H25NO4. The highest BCUT2D eigenvalue weighted by Gasteiger charge is 2.21. The van der Waals surface area contributed by atoms with Crippen LogP contribution in [0.5, 0.6) is 5.75 Å². The maximum Gasteiger partial charge on any atom is 0.309 e. The van der Waals surface area contributed by atoms with Gasteiger partial charge in [0, 0.05) is 13.6 Å². The first-order valence-corrected chi connectivity index (χ1v) is 9.19. The van der Waals surface area contributed by atoms with Crippen molar-refractivity contribution in [1.29, 1.82) is 0 Å². The number of carbonyl (C=O) groups is 2. The molecule has 1 aliphatic rings. The summed E-state index contributed by atoms with van der Waals surface area (Å²) in [6.45, 7) is 0.255. The minimum Gasteiger partial charge on any atom is -0.497 e. The van der Waals surface area contributed by atoms with E-state index in [-0.39, 0.29) is 24.4 Å². The van der Waals surface area contributed by atoms with E-state index in [9.17, 15) is 9.59 Å². The summed E-state index contributed by atoms with van der Waals surface area (Å²) in [5.41, 5.74) is 1.02. The third kappa shape index (κ3) is 4.88. The van der Waals surface area contributed by atoms with Crippen LogP contribution in [0.4, 0.5) is 0 Å². The Bertz CT molecular complexity index is 859. The lowest BCUT2D eigenvalue weighted by molar-refractivity contribution is -0.155. The number of hydrogen-bond acceptors (Lipinski definition) is 4. The van der Waals surface area contributed by atoms with Crippen LogP contribution in [0.2, 0.25) is 0 Å². The number of fused-ring (bicyclic) bond motifs is 1. The smallest absolute Gasteiger partial charge is 0.309 e. The fourth-order valence-electron chi connectivity index (χ4n) is 3.23. The molecule has 0 spiro atoms. The zero-order valence-electron chi connectivity index (χ0n) is 15.8. The van der Waals surface area contributed by atoms with Crippen molar-refractivity contribution < 1.29 is 19.1 Å². The average Bonchev–Trinajstić information content (AvgIpc) is 2.71. The van der Waals surface area contributed by atoms with Crippen LogP contribution in [0.3, 0.4) is 0 Å². The van der Waals surface area contributed by atoms with E-state index in [1.165, 1.54) is 0 Å². The molecule has 0 fully saturated rings. The van der Waals surface area contributed by atoms with Gasteiger partial charge in [-0.15, -0.1) is 0 Å². The highest BCUT2D eigenvalue weighted by molar-refractivity contribution is 5.85. The standard InChI is InChI=1S/C22H25NO4/c1-23(21(24)15-27-22(25)17-6-4-3-5-7-17)14-16-8-9-19-13-20(26-2)11-10-18(19)12-16/h3-4,8-13,17H,5-7,14-15H2,1-2H3/t17-/m1/s1. The highest BCUT2D eigenvalue weighted by atomic mass is 16.5. The lowest BCUT2D eigenvalue weighted by atomic mass is 9.95. The van der Waals surface area contributed by atoms with Gasteiger partial charge in [0.15, 0.2) is 6.61 Å². The minimum atomic E-state index is -0.277. The molecule has 1 amide bonds. The van der Waals surface area contributed by atoms with Gasteiger partial charge >= 0.3 is 5.97 Å². The summed E-state index contributed by atoms with van der Waals surface area (Å²) in [6, 6.07) is 12.0. The summed E-state index contributed by atoms with van der Waals surface area (Å²) in [5.74, 6) is 0.216. The van der Waals surface area contributed by atoms with Crippen molar-refractivity contribution in [3.63, 3.8) is 0 Å². The number of benzene rings is 2. The summed E-state index contributed by atoms with van der Waals surface area (Å²) in [5, 5.41) is 2.17. The van der Waals surface area contributed by atoms with E-state index in [1.807, 2.05) is 36.4 Å². The molecule has 0 saturated carbocycles. The molecule has 2 aromatic carbocycles. The fraction of sp³-hybridized carbons (Fsp3) is 0.364. The second kappa shape index (κ2) is 8.71. The Balaban J connectivity index is 1.55. The summed E-state index contributed by atoms with van der Waals surface area (Å²) in [7, 11) is 3.37. The molecule has 0 aromatic heterocycles. The SMILES string of the molecule is COc1ccc2cc(CN(C)C(=O)COC(=O)[C@@H]3CC=CCC3)ccc2c1. The first-order chi connectivity index (χ1) is 13.1. The number of rotatable bonds is 6. The molecule has 0 bridgehead atoms. The maximum absolute atomic E-state index is 12.3. The topological polar surface area (TPSA) is 55.8 Å². The van der Waals surface area contributed by atoms with Crippen LogP contribution in [0.25, 0.3) is 10.8 Å². The molecule has 0 N–H and O–H groups in total. The monoisotopic (exact) mass is 367 g/mol. The van der Waals surface area contributed by atoms with Gasteiger partial charge in [-0.2, -0.15) is 0 Å². The molecule has 0 saturated heterocycles. The number of allylic oxidation sites excluding steroid dienone is 2. The van der Waals surface area contributed by atoms with Crippen molar-refractivity contribution in [3.05, 3.63) is 54.1 Å². The molecule has 5 heteroatoms. The van der Waals surface area contributed by atoms with Gasteiger partial charge in [-0.25, -0.2) is 0 Å². The Morgan fingerprint density at radius 3 is 2.63 bits per heavy atom. The van der Waals surface area contributed by atoms with Gasteiger partial charge in [0.05, 0.1) is 13.0 Å². The Morgan fingerprint density at radius 2 is 1.89 bits per heavy atom. The quantitative estimate of drug-likeness (QED) is 0.577. The highest BCUT2D eigenvalue weighted by Crippen LogP contribution is 2.22. The van der Waals surface area contributed by atoms with E-state index in [1.54, 1.807) is 19.1 Å². The predicted molar refractivity (Wildman–Crippen MR) is 104 cm³/mol. The Labute approximate surface area is 159 Å². The molecule has 0 heterocycles. The summed E-state index contributed by atoms with van der Waals surface area (Å²) < 4.78 is 10.5. The van der Waals surface area contributed by atoms with Gasteiger partial charge in [0.1, 0.15) is 5.75 Å². The maximum atomic E-state index is 12.3. The lowest BCUT2D eigenvalue weighted by Crippen LogP contribution is -2.32. The van der Waals surface area contributed by atoms with Gasteiger partial charge in [-0.1, -0.05) is 30.4 Å². The number of hydrogen-bond donors (Lipinski definition) is 0. The number of ether oxygens (including phenoxy) is 2. The number of methoxy groups -OCH3 is 1. The van der Waals surface area contributed by atoms with Crippen LogP contribution in [0.1, 0.15) is 24.8 Å². The Morgan fingerprint density at radius 1 is 1.11 bits per heavy atom. The van der Waals surface area contributed by atoms with Crippen LogP contribution in [-0.4, -0.2) is 37.5 Å². The summed E-state index contributed by atoms with van der Waals surface area (Å²) >= 11 is 0. The molecule has 0 unspecified atom stereocenters. The van der Waals surface area contributed by atoms with Gasteiger partial charge in [-0.3, -0.25) is 9.59 Å². The first kappa shape index (κ1) is 19.0. The molecular weight excluding hydrogens is 342 g/mol.